The van der Waals surface area contributed by atoms with E-state index in [4.69, 9.17) is 4.74 Å². The molecule has 1 N–H and O–H groups in total. The molecule has 2 atom stereocenters. The molecule has 25 heavy (non-hydrogen) atoms. The molecule has 7 nitrogen and oxygen atoms in total. The Morgan fingerprint density at radius 1 is 1.40 bits per heavy atom. The third-order valence-corrected chi connectivity index (χ3v) is 4.83. The number of methoxy groups -OCH3 is 1. The minimum Gasteiger partial charge on any atom is -0.497 e. The van der Waals surface area contributed by atoms with Gasteiger partial charge in [0.2, 0.25) is 11.8 Å². The number of aromatic nitrogens is 1. The number of hydrogen-bond donors (Lipinski definition) is 1. The summed E-state index contributed by atoms with van der Waals surface area (Å²) < 4.78 is 5.19. The van der Waals surface area contributed by atoms with E-state index in [1.807, 2.05) is 13.1 Å². The molecule has 2 amide bonds. The van der Waals surface area contributed by atoms with E-state index in [1.165, 1.54) is 6.92 Å². The number of nitrogens with one attached hydrogen (secondary N) is 1. The van der Waals surface area contributed by atoms with Gasteiger partial charge in [0.05, 0.1) is 19.3 Å². The lowest BCUT2D eigenvalue weighted by Gasteiger charge is -2.27. The molecule has 7 heteroatoms. The summed E-state index contributed by atoms with van der Waals surface area (Å²) in [5, 5.41) is 2.86. The molecule has 0 unspecified atom stereocenters. The van der Waals surface area contributed by atoms with E-state index in [2.05, 4.69) is 15.2 Å². The van der Waals surface area contributed by atoms with Gasteiger partial charge in [0, 0.05) is 51.3 Å². The predicted molar refractivity (Wildman–Crippen MR) is 95.1 cm³/mol. The Kier molecular flexibility index (Phi) is 6.75. The van der Waals surface area contributed by atoms with Crippen LogP contribution in [0.5, 0.6) is 5.75 Å². The first-order valence-electron chi connectivity index (χ1n) is 8.60. The van der Waals surface area contributed by atoms with Crippen LogP contribution in [0.15, 0.2) is 18.3 Å². The molecule has 0 aromatic carbocycles. The fourth-order valence-electron chi connectivity index (χ4n) is 3.20. The topological polar surface area (TPSA) is 74.8 Å². The Morgan fingerprint density at radius 2 is 2.12 bits per heavy atom. The second-order valence-corrected chi connectivity index (χ2v) is 6.63. The Labute approximate surface area is 149 Å². The van der Waals surface area contributed by atoms with E-state index in [-0.39, 0.29) is 17.9 Å². The lowest BCUT2D eigenvalue weighted by Crippen LogP contribution is -2.42. The average molecular weight is 348 g/mol. The second kappa shape index (κ2) is 8.80. The molecule has 2 rings (SSSR count). The first-order valence-corrected chi connectivity index (χ1v) is 8.60. The second-order valence-electron chi connectivity index (χ2n) is 6.63. The molecule has 138 valence electrons. The van der Waals surface area contributed by atoms with Gasteiger partial charge >= 0.3 is 0 Å². The molecule has 0 saturated carbocycles. The molecular formula is C18H28N4O3. The van der Waals surface area contributed by atoms with Crippen molar-refractivity contribution in [3.63, 3.8) is 0 Å². The van der Waals surface area contributed by atoms with Crippen LogP contribution in [0.2, 0.25) is 0 Å². The Morgan fingerprint density at radius 3 is 2.80 bits per heavy atom. The van der Waals surface area contributed by atoms with Gasteiger partial charge in [-0.15, -0.1) is 0 Å². The zero-order valence-electron chi connectivity index (χ0n) is 15.5. The molecule has 0 aliphatic carbocycles. The summed E-state index contributed by atoms with van der Waals surface area (Å²) in [6, 6.07) is 4.14. The van der Waals surface area contributed by atoms with Crippen molar-refractivity contribution >= 4 is 11.8 Å². The number of pyridine rings is 1. The van der Waals surface area contributed by atoms with E-state index >= 15 is 0 Å². The summed E-state index contributed by atoms with van der Waals surface area (Å²) >= 11 is 0. The molecule has 1 saturated heterocycles. The molecule has 1 aromatic rings. The van der Waals surface area contributed by atoms with Crippen molar-refractivity contribution in [2.45, 2.75) is 44.8 Å². The van der Waals surface area contributed by atoms with Crippen molar-refractivity contribution in [1.29, 1.82) is 0 Å². The summed E-state index contributed by atoms with van der Waals surface area (Å²) in [5.74, 6) is 0.822. The molecule has 1 aliphatic rings. The molecule has 1 fully saturated rings. The first-order chi connectivity index (χ1) is 11.9. The van der Waals surface area contributed by atoms with Crippen molar-refractivity contribution in [3.05, 3.63) is 24.0 Å². The number of carbonyl (C=O) groups excluding carboxylic acids is 2. The monoisotopic (exact) mass is 348 g/mol. The highest BCUT2D eigenvalue weighted by atomic mass is 16.5. The highest BCUT2D eigenvalue weighted by molar-refractivity contribution is 5.76. The third kappa shape index (κ3) is 5.42. The molecule has 2 heterocycles. The van der Waals surface area contributed by atoms with E-state index in [0.717, 1.165) is 24.3 Å². The normalized spacial score (nSPS) is 20.3. The maximum atomic E-state index is 12.5. The smallest absolute Gasteiger partial charge is 0.224 e. The van der Waals surface area contributed by atoms with Crippen molar-refractivity contribution in [2.24, 2.45) is 0 Å². The lowest BCUT2D eigenvalue weighted by atomic mass is 10.1. The van der Waals surface area contributed by atoms with Gasteiger partial charge in [-0.05, 0) is 26.0 Å². The first kappa shape index (κ1) is 19.2. The maximum absolute atomic E-state index is 12.5. The lowest BCUT2D eigenvalue weighted by molar-refractivity contribution is -0.131. The number of nitrogens with zero attached hydrogens (tertiary/aromatic N) is 3. The van der Waals surface area contributed by atoms with Crippen LogP contribution < -0.4 is 10.1 Å². The van der Waals surface area contributed by atoms with Crippen molar-refractivity contribution in [3.8, 4) is 5.75 Å². The van der Waals surface area contributed by atoms with Gasteiger partial charge in [-0.3, -0.25) is 19.5 Å². The zero-order chi connectivity index (χ0) is 18.4. The Hall–Kier alpha value is -2.15. The molecule has 0 bridgehead atoms. The minimum absolute atomic E-state index is 0.0153. The fraction of sp³-hybridized carbons (Fsp3) is 0.611. The van der Waals surface area contributed by atoms with Gasteiger partial charge in [0.15, 0.2) is 0 Å². The summed E-state index contributed by atoms with van der Waals surface area (Å²) in [6.07, 6.45) is 4.13. The summed E-state index contributed by atoms with van der Waals surface area (Å²) in [4.78, 5) is 31.8. The van der Waals surface area contributed by atoms with E-state index in [0.29, 0.717) is 25.6 Å². The number of rotatable bonds is 7. The fourth-order valence-corrected chi connectivity index (χ4v) is 3.20. The van der Waals surface area contributed by atoms with Gasteiger partial charge in [0.1, 0.15) is 5.75 Å². The van der Waals surface area contributed by atoms with Crippen LogP contribution in [0.3, 0.4) is 0 Å². The van der Waals surface area contributed by atoms with E-state index < -0.39 is 0 Å². The van der Waals surface area contributed by atoms with Gasteiger partial charge in [0.25, 0.3) is 0 Å². The number of hydrogen-bond acceptors (Lipinski definition) is 5. The number of carbonyl (C=O) groups is 2. The van der Waals surface area contributed by atoms with E-state index in [9.17, 15) is 9.59 Å². The van der Waals surface area contributed by atoms with Crippen LogP contribution in [0.4, 0.5) is 0 Å². The van der Waals surface area contributed by atoms with Gasteiger partial charge in [-0.25, -0.2) is 0 Å². The zero-order valence-corrected chi connectivity index (χ0v) is 15.5. The summed E-state index contributed by atoms with van der Waals surface area (Å²) in [5.41, 5.74) is 0.804. The Bertz CT molecular complexity index is 608. The van der Waals surface area contributed by atoms with Crippen LogP contribution in [0.1, 0.15) is 31.9 Å². The number of amides is 2. The number of ether oxygens (including phenoxy) is 1. The summed E-state index contributed by atoms with van der Waals surface area (Å²) in [6.45, 7) is 2.62. The van der Waals surface area contributed by atoms with Crippen molar-refractivity contribution in [1.82, 2.24) is 20.1 Å². The van der Waals surface area contributed by atoms with Crippen LogP contribution in [0.25, 0.3) is 0 Å². The molecular weight excluding hydrogens is 320 g/mol. The quantitative estimate of drug-likeness (QED) is 0.797. The van der Waals surface area contributed by atoms with Crippen molar-refractivity contribution in [2.75, 3.05) is 27.7 Å². The van der Waals surface area contributed by atoms with Crippen LogP contribution in [-0.2, 0) is 16.1 Å². The third-order valence-electron chi connectivity index (χ3n) is 4.83. The Balaban J connectivity index is 1.85. The average Bonchev–Trinajstić information content (AvgIpc) is 2.93. The number of likely N-dealkylation sites (N-methyl/N-ethyl adjacent to an activating group) is 1. The highest BCUT2D eigenvalue weighted by Crippen LogP contribution is 2.25. The molecule has 0 spiro atoms. The SMILES string of the molecule is COc1ccnc(CN(C)C(=O)C[C@@H]2CC[C@H](CNC(C)=O)N2C)c1. The number of likely N-dealkylation sites (tertiary alicyclic amines) is 1. The van der Waals surface area contributed by atoms with Crippen LogP contribution in [-0.4, -0.2) is 66.4 Å². The van der Waals surface area contributed by atoms with E-state index in [1.54, 1.807) is 31.3 Å². The predicted octanol–water partition coefficient (Wildman–Crippen LogP) is 1.04. The molecule has 1 aromatic heterocycles. The largest absolute Gasteiger partial charge is 0.497 e. The van der Waals surface area contributed by atoms with Gasteiger partial charge in [-0.1, -0.05) is 0 Å². The molecule has 0 radical (unpaired) electrons. The standard InChI is InChI=1S/C18H28N4O3/c1-13(23)20-11-16-6-5-15(22(16)3)10-18(24)21(2)12-14-9-17(25-4)7-8-19-14/h7-9,15-16H,5-6,10-12H2,1-4H3,(H,20,23)/t15-,16+/m0/s1. The summed E-state index contributed by atoms with van der Waals surface area (Å²) in [7, 11) is 5.44. The van der Waals surface area contributed by atoms with Crippen LogP contribution in [0, 0.1) is 0 Å². The maximum Gasteiger partial charge on any atom is 0.224 e. The van der Waals surface area contributed by atoms with Crippen molar-refractivity contribution < 1.29 is 14.3 Å². The minimum atomic E-state index is -0.0153. The van der Waals surface area contributed by atoms with Gasteiger partial charge in [-0.2, -0.15) is 0 Å². The molecule has 1 aliphatic heterocycles. The van der Waals surface area contributed by atoms with Crippen LogP contribution >= 0.6 is 0 Å². The highest BCUT2D eigenvalue weighted by Gasteiger charge is 2.32. The van der Waals surface area contributed by atoms with Gasteiger partial charge < -0.3 is 15.0 Å².